The second-order valence-electron chi connectivity index (χ2n) is 7.43. The summed E-state index contributed by atoms with van der Waals surface area (Å²) in [5.74, 6) is 0. The van der Waals surface area contributed by atoms with Gasteiger partial charge in [-0.2, -0.15) is 0 Å². The maximum atomic E-state index is 12.7. The molecule has 1 heterocycles. The van der Waals surface area contributed by atoms with E-state index in [0.29, 0.717) is 5.02 Å². The average molecular weight is 336 g/mol. The third kappa shape index (κ3) is 4.06. The lowest BCUT2D eigenvalue weighted by Gasteiger charge is -2.54. The van der Waals surface area contributed by atoms with E-state index in [0.717, 1.165) is 18.4 Å². The molecule has 4 nitrogen and oxygen atoms in total. The molecule has 0 spiro atoms. The molecule has 1 aromatic rings. The number of nitrogens with one attached hydrogen (secondary N) is 1. The van der Waals surface area contributed by atoms with Gasteiger partial charge in [0.05, 0.1) is 0 Å². The van der Waals surface area contributed by atoms with Gasteiger partial charge in [0.1, 0.15) is 0 Å². The Balaban J connectivity index is 2.11. The Hall–Kier alpha value is -1.52. The van der Waals surface area contributed by atoms with Crippen LogP contribution < -0.4 is 11.1 Å². The van der Waals surface area contributed by atoms with Crippen molar-refractivity contribution in [1.82, 2.24) is 10.2 Å². The summed E-state index contributed by atoms with van der Waals surface area (Å²) in [4.78, 5) is 14.6. The van der Waals surface area contributed by atoms with Crippen LogP contribution in [0.1, 0.15) is 46.1 Å². The van der Waals surface area contributed by atoms with Gasteiger partial charge in [0.25, 0.3) is 0 Å². The molecule has 2 amide bonds. The Morgan fingerprint density at radius 1 is 1.26 bits per heavy atom. The van der Waals surface area contributed by atoms with Crippen molar-refractivity contribution >= 4 is 23.7 Å². The van der Waals surface area contributed by atoms with Crippen molar-refractivity contribution in [2.75, 3.05) is 0 Å². The summed E-state index contributed by atoms with van der Waals surface area (Å²) in [6.07, 6.45) is 5.02. The predicted molar refractivity (Wildman–Crippen MR) is 96.2 cm³/mol. The van der Waals surface area contributed by atoms with Crippen LogP contribution in [0.3, 0.4) is 0 Å². The quantitative estimate of drug-likeness (QED) is 0.858. The fourth-order valence-corrected chi connectivity index (χ4v) is 3.98. The van der Waals surface area contributed by atoms with Crippen LogP contribution >= 0.6 is 11.6 Å². The molecule has 0 radical (unpaired) electrons. The number of piperidine rings is 1. The molecule has 0 atom stereocenters. The molecular formula is C18H26ClN3O. The van der Waals surface area contributed by atoms with E-state index < -0.39 is 0 Å². The smallest absolute Gasteiger partial charge is 0.322 e. The second-order valence-corrected chi connectivity index (χ2v) is 7.84. The summed E-state index contributed by atoms with van der Waals surface area (Å²) in [6.45, 7) is 8.24. The molecule has 0 unspecified atom stereocenters. The van der Waals surface area contributed by atoms with Crippen molar-refractivity contribution < 1.29 is 4.79 Å². The summed E-state index contributed by atoms with van der Waals surface area (Å²) in [7, 11) is 0. The lowest BCUT2D eigenvalue weighted by Crippen LogP contribution is -2.66. The van der Waals surface area contributed by atoms with Crippen LogP contribution in [0.25, 0.3) is 6.08 Å². The zero-order valence-corrected chi connectivity index (χ0v) is 15.0. The van der Waals surface area contributed by atoms with E-state index in [-0.39, 0.29) is 23.2 Å². The minimum atomic E-state index is -0.288. The summed E-state index contributed by atoms with van der Waals surface area (Å²) < 4.78 is 0. The van der Waals surface area contributed by atoms with Crippen LogP contribution in [0.5, 0.6) is 0 Å². The minimum absolute atomic E-state index is 0.114. The average Bonchev–Trinajstić information content (AvgIpc) is 2.37. The van der Waals surface area contributed by atoms with Crippen LogP contribution in [0, 0.1) is 0 Å². The first-order valence-electron chi connectivity index (χ1n) is 7.91. The summed E-state index contributed by atoms with van der Waals surface area (Å²) in [6, 6.07) is 7.50. The van der Waals surface area contributed by atoms with Crippen molar-refractivity contribution in [3.8, 4) is 0 Å². The highest BCUT2D eigenvalue weighted by molar-refractivity contribution is 6.32. The fraction of sp³-hybridized carbons (Fsp3) is 0.500. The highest BCUT2D eigenvalue weighted by Gasteiger charge is 2.46. The number of carbonyl (C=O) groups is 1. The number of halogens is 1. The molecular weight excluding hydrogens is 310 g/mol. The zero-order valence-electron chi connectivity index (χ0n) is 14.3. The van der Waals surface area contributed by atoms with Crippen molar-refractivity contribution in [3.63, 3.8) is 0 Å². The maximum Gasteiger partial charge on any atom is 0.322 e. The van der Waals surface area contributed by atoms with Gasteiger partial charge in [-0.25, -0.2) is 4.79 Å². The van der Waals surface area contributed by atoms with Gasteiger partial charge < -0.3 is 16.0 Å². The van der Waals surface area contributed by atoms with Gasteiger partial charge >= 0.3 is 6.03 Å². The Bertz CT molecular complexity index is 592. The van der Waals surface area contributed by atoms with E-state index in [1.165, 1.54) is 0 Å². The number of hydrogen-bond donors (Lipinski definition) is 2. The van der Waals surface area contributed by atoms with Gasteiger partial charge in [-0.3, -0.25) is 0 Å². The SMILES string of the molecule is CC1(C)CC(N)CC(C)(C)N1C(=O)N/C=C/c1ccccc1Cl. The van der Waals surface area contributed by atoms with Gasteiger partial charge in [-0.1, -0.05) is 29.8 Å². The Labute approximate surface area is 143 Å². The molecule has 5 heteroatoms. The van der Waals surface area contributed by atoms with Gasteiger partial charge in [-0.05, 0) is 58.2 Å². The summed E-state index contributed by atoms with van der Waals surface area (Å²) in [5, 5.41) is 3.52. The Morgan fingerprint density at radius 2 is 1.83 bits per heavy atom. The number of likely N-dealkylation sites (tertiary alicyclic amines) is 1. The van der Waals surface area contributed by atoms with E-state index in [4.69, 9.17) is 17.3 Å². The Morgan fingerprint density at radius 3 is 2.39 bits per heavy atom. The number of carbonyl (C=O) groups excluding carboxylic acids is 1. The van der Waals surface area contributed by atoms with Crippen LogP contribution in [0.4, 0.5) is 4.79 Å². The fourth-order valence-electron chi connectivity index (χ4n) is 3.78. The summed E-state index contributed by atoms with van der Waals surface area (Å²) in [5.41, 5.74) is 6.45. The zero-order chi connectivity index (χ0) is 17.3. The molecule has 0 bridgehead atoms. The summed E-state index contributed by atoms with van der Waals surface area (Å²) >= 11 is 6.11. The highest BCUT2D eigenvalue weighted by Crippen LogP contribution is 2.37. The third-order valence-corrected chi connectivity index (χ3v) is 4.66. The molecule has 0 aromatic heterocycles. The van der Waals surface area contributed by atoms with Crippen molar-refractivity contribution in [3.05, 3.63) is 41.1 Å². The monoisotopic (exact) mass is 335 g/mol. The number of rotatable bonds is 2. The van der Waals surface area contributed by atoms with Gasteiger partial charge in [0, 0.05) is 28.3 Å². The second kappa shape index (κ2) is 6.54. The molecule has 1 aliphatic heterocycles. The first kappa shape index (κ1) is 17.8. The number of benzene rings is 1. The van der Waals surface area contributed by atoms with Crippen molar-refractivity contribution in [1.29, 1.82) is 0 Å². The highest BCUT2D eigenvalue weighted by atomic mass is 35.5. The molecule has 126 valence electrons. The predicted octanol–water partition coefficient (Wildman–Crippen LogP) is 4.00. The third-order valence-electron chi connectivity index (χ3n) is 4.31. The molecule has 23 heavy (non-hydrogen) atoms. The molecule has 1 saturated heterocycles. The molecule has 1 aromatic carbocycles. The lowest BCUT2D eigenvalue weighted by molar-refractivity contribution is 0.00444. The van der Waals surface area contributed by atoms with E-state index in [1.54, 1.807) is 12.3 Å². The van der Waals surface area contributed by atoms with Gasteiger partial charge in [0.2, 0.25) is 0 Å². The molecule has 2 rings (SSSR count). The van der Waals surface area contributed by atoms with E-state index in [9.17, 15) is 4.79 Å². The molecule has 0 aliphatic carbocycles. The van der Waals surface area contributed by atoms with Crippen LogP contribution in [0.15, 0.2) is 30.5 Å². The number of hydrogen-bond acceptors (Lipinski definition) is 2. The van der Waals surface area contributed by atoms with Gasteiger partial charge in [-0.15, -0.1) is 0 Å². The van der Waals surface area contributed by atoms with Crippen LogP contribution in [-0.2, 0) is 0 Å². The van der Waals surface area contributed by atoms with Crippen molar-refractivity contribution in [2.45, 2.75) is 57.7 Å². The lowest BCUT2D eigenvalue weighted by atomic mass is 9.77. The number of nitrogens with zero attached hydrogens (tertiary/aromatic N) is 1. The molecule has 0 saturated carbocycles. The van der Waals surface area contributed by atoms with E-state index in [1.807, 2.05) is 29.2 Å². The van der Waals surface area contributed by atoms with Crippen LogP contribution in [-0.4, -0.2) is 28.1 Å². The molecule has 1 fully saturated rings. The first-order valence-corrected chi connectivity index (χ1v) is 8.29. The topological polar surface area (TPSA) is 58.4 Å². The largest absolute Gasteiger partial charge is 0.328 e. The normalized spacial score (nSPS) is 20.7. The van der Waals surface area contributed by atoms with Crippen molar-refractivity contribution in [2.24, 2.45) is 5.73 Å². The number of nitrogens with two attached hydrogens (primary N) is 1. The van der Waals surface area contributed by atoms with Gasteiger partial charge in [0.15, 0.2) is 0 Å². The number of amides is 2. The maximum absolute atomic E-state index is 12.7. The number of urea groups is 1. The first-order chi connectivity index (χ1) is 10.6. The van der Waals surface area contributed by atoms with Crippen LogP contribution in [0.2, 0.25) is 5.02 Å². The molecule has 1 aliphatic rings. The van der Waals surface area contributed by atoms with E-state index in [2.05, 4.69) is 33.0 Å². The molecule has 3 N–H and O–H groups in total. The minimum Gasteiger partial charge on any atom is -0.328 e. The Kier molecular flexibility index (Phi) is 5.07. The van der Waals surface area contributed by atoms with E-state index >= 15 is 0 Å². The standard InChI is InChI=1S/C18H26ClN3O/c1-17(2)11-14(20)12-18(3,4)22(17)16(23)21-10-9-13-7-5-6-8-15(13)19/h5-10,14H,11-12,20H2,1-4H3,(H,21,23)/b10-9+.